The summed E-state index contributed by atoms with van der Waals surface area (Å²) in [5, 5.41) is 5.99. The van der Waals surface area contributed by atoms with Gasteiger partial charge >= 0.3 is 0 Å². The molecule has 0 saturated carbocycles. The number of hydrogen-bond donors (Lipinski definition) is 2. The minimum atomic E-state index is -0.956. The number of halogens is 4. The van der Waals surface area contributed by atoms with Crippen molar-refractivity contribution in [1.29, 1.82) is 0 Å². The smallest absolute Gasteiger partial charge is 0.192 e. The molecule has 2 aromatic carbocycles. The van der Waals surface area contributed by atoms with Crippen molar-refractivity contribution in [3.63, 3.8) is 0 Å². The molecule has 166 valence electrons. The topological polar surface area (TPSA) is 36.4 Å². The third-order valence-corrected chi connectivity index (χ3v) is 4.64. The SMILES string of the molecule is C/C=C\CC.C=C(CF)[C@H]1NC(=NCc2ccc(F)c(F)c2)N[C@H]1c1ccccc1F. The lowest BCUT2D eigenvalue weighted by atomic mass is 9.96. The van der Waals surface area contributed by atoms with Gasteiger partial charge in [0.15, 0.2) is 17.6 Å². The van der Waals surface area contributed by atoms with Crippen LogP contribution in [0.15, 0.2) is 71.8 Å². The van der Waals surface area contributed by atoms with E-state index >= 15 is 0 Å². The lowest BCUT2D eigenvalue weighted by Gasteiger charge is -2.20. The second-order valence-electron chi connectivity index (χ2n) is 6.95. The van der Waals surface area contributed by atoms with Crippen LogP contribution >= 0.6 is 0 Å². The van der Waals surface area contributed by atoms with E-state index in [-0.39, 0.29) is 12.1 Å². The highest BCUT2D eigenvalue weighted by Crippen LogP contribution is 2.27. The molecule has 0 radical (unpaired) electrons. The first-order chi connectivity index (χ1) is 14.9. The third kappa shape index (κ3) is 6.70. The highest BCUT2D eigenvalue weighted by Gasteiger charge is 2.34. The van der Waals surface area contributed by atoms with E-state index in [0.29, 0.717) is 17.1 Å². The molecule has 0 bridgehead atoms. The molecule has 0 aromatic heterocycles. The number of nitrogens with zero attached hydrogens (tertiary/aromatic N) is 1. The molecule has 1 heterocycles. The number of guanidine groups is 1. The largest absolute Gasteiger partial charge is 0.347 e. The number of alkyl halides is 1. The summed E-state index contributed by atoms with van der Waals surface area (Å²) in [5.74, 6) is -2.01. The van der Waals surface area contributed by atoms with Crippen LogP contribution in [-0.4, -0.2) is 18.7 Å². The van der Waals surface area contributed by atoms with Crippen molar-refractivity contribution in [1.82, 2.24) is 10.6 Å². The van der Waals surface area contributed by atoms with Crippen molar-refractivity contribution in [2.24, 2.45) is 4.99 Å². The molecule has 7 heteroatoms. The van der Waals surface area contributed by atoms with Crippen LogP contribution in [0.1, 0.15) is 37.4 Å². The zero-order valence-corrected chi connectivity index (χ0v) is 17.6. The molecule has 1 aliphatic heterocycles. The maximum Gasteiger partial charge on any atom is 0.192 e. The molecule has 2 N–H and O–H groups in total. The lowest BCUT2D eigenvalue weighted by molar-refractivity contribution is 0.476. The maximum absolute atomic E-state index is 14.1. The van der Waals surface area contributed by atoms with Crippen LogP contribution in [-0.2, 0) is 6.54 Å². The molecule has 31 heavy (non-hydrogen) atoms. The molecule has 0 unspecified atom stereocenters. The Balaban J connectivity index is 0.000000614. The lowest BCUT2D eigenvalue weighted by Crippen LogP contribution is -2.31. The van der Waals surface area contributed by atoms with E-state index in [2.05, 4.69) is 41.3 Å². The summed E-state index contributed by atoms with van der Waals surface area (Å²) in [4.78, 5) is 4.26. The van der Waals surface area contributed by atoms with Crippen molar-refractivity contribution < 1.29 is 17.6 Å². The summed E-state index contributed by atoms with van der Waals surface area (Å²) in [6.07, 6.45) is 5.34. The predicted molar refractivity (Wildman–Crippen MR) is 117 cm³/mol. The molecule has 0 aliphatic carbocycles. The Morgan fingerprint density at radius 3 is 2.39 bits per heavy atom. The van der Waals surface area contributed by atoms with Crippen LogP contribution < -0.4 is 10.6 Å². The fourth-order valence-electron chi connectivity index (χ4n) is 3.04. The van der Waals surface area contributed by atoms with Crippen LogP contribution in [0.2, 0.25) is 0 Å². The Kier molecular flexibility index (Phi) is 9.31. The van der Waals surface area contributed by atoms with E-state index in [1.54, 1.807) is 18.2 Å². The minimum absolute atomic E-state index is 0.0747. The van der Waals surface area contributed by atoms with Gasteiger partial charge in [0, 0.05) is 5.56 Å². The maximum atomic E-state index is 14.1. The zero-order chi connectivity index (χ0) is 22.8. The Labute approximate surface area is 180 Å². The van der Waals surface area contributed by atoms with E-state index in [1.165, 1.54) is 12.1 Å². The average molecular weight is 433 g/mol. The molecule has 1 aliphatic rings. The fraction of sp³-hybridized carbons (Fsp3) is 0.292. The molecule has 1 saturated heterocycles. The van der Waals surface area contributed by atoms with Crippen LogP contribution in [0.25, 0.3) is 0 Å². The van der Waals surface area contributed by atoms with Crippen molar-refractivity contribution in [2.45, 2.75) is 38.9 Å². The van der Waals surface area contributed by atoms with Gasteiger partial charge in [-0.1, -0.05) is 49.9 Å². The number of rotatable bonds is 6. The minimum Gasteiger partial charge on any atom is -0.347 e. The van der Waals surface area contributed by atoms with E-state index in [1.807, 2.05) is 6.92 Å². The molecule has 2 aromatic rings. The molecule has 3 rings (SSSR count). The quantitative estimate of drug-likeness (QED) is 0.449. The van der Waals surface area contributed by atoms with Gasteiger partial charge in [0.05, 0.1) is 18.6 Å². The molecular formula is C24H27F4N3. The van der Waals surface area contributed by atoms with Crippen LogP contribution in [0.5, 0.6) is 0 Å². The summed E-state index contributed by atoms with van der Waals surface area (Å²) in [5.41, 5.74) is 1.08. The Morgan fingerprint density at radius 1 is 1.06 bits per heavy atom. The molecule has 2 atom stereocenters. The van der Waals surface area contributed by atoms with E-state index < -0.39 is 36.2 Å². The summed E-state index contributed by atoms with van der Waals surface area (Å²) in [7, 11) is 0. The zero-order valence-electron chi connectivity index (χ0n) is 17.6. The van der Waals surface area contributed by atoms with E-state index in [0.717, 1.165) is 18.6 Å². The van der Waals surface area contributed by atoms with Crippen molar-refractivity contribution in [3.8, 4) is 0 Å². The molecule has 0 spiro atoms. The van der Waals surface area contributed by atoms with Gasteiger partial charge in [-0.05, 0) is 42.7 Å². The monoisotopic (exact) mass is 433 g/mol. The number of allylic oxidation sites excluding steroid dienone is 2. The third-order valence-electron chi connectivity index (χ3n) is 4.64. The van der Waals surface area contributed by atoms with Crippen LogP contribution in [0, 0.1) is 17.5 Å². The average Bonchev–Trinajstić information content (AvgIpc) is 3.19. The van der Waals surface area contributed by atoms with Crippen molar-refractivity contribution in [2.75, 3.05) is 6.67 Å². The van der Waals surface area contributed by atoms with Gasteiger partial charge in [-0.25, -0.2) is 22.6 Å². The Bertz CT molecular complexity index is 940. The second-order valence-corrected chi connectivity index (χ2v) is 6.95. The first kappa shape index (κ1) is 24.2. The highest BCUT2D eigenvalue weighted by atomic mass is 19.2. The standard InChI is InChI=1S/C19H17F4N3.C5H10/c1-11(9-20)17-18(13-4-2-3-5-14(13)21)26-19(25-17)24-10-12-6-7-15(22)16(23)8-12;1-3-5-4-2/h2-8,17-18H,1,9-10H2,(H2,24,25,26);3,5H,4H2,1-2H3/b;5-3-/t17-,18+;/m1./s1. The van der Waals surface area contributed by atoms with Gasteiger partial charge in [-0.15, -0.1) is 0 Å². The van der Waals surface area contributed by atoms with Crippen molar-refractivity contribution >= 4 is 5.96 Å². The fourth-order valence-corrected chi connectivity index (χ4v) is 3.04. The predicted octanol–water partition coefficient (Wildman–Crippen LogP) is 5.76. The van der Waals surface area contributed by atoms with Gasteiger partial charge in [0.25, 0.3) is 0 Å². The normalized spacial score (nSPS) is 19.0. The van der Waals surface area contributed by atoms with Gasteiger partial charge < -0.3 is 10.6 Å². The van der Waals surface area contributed by atoms with Gasteiger partial charge in [0.2, 0.25) is 0 Å². The second kappa shape index (κ2) is 11.9. The Morgan fingerprint density at radius 2 is 1.81 bits per heavy atom. The number of nitrogens with one attached hydrogen (secondary N) is 2. The van der Waals surface area contributed by atoms with Gasteiger partial charge in [-0.3, -0.25) is 0 Å². The summed E-state index contributed by atoms with van der Waals surface area (Å²) in [6, 6.07) is 8.52. The van der Waals surface area contributed by atoms with Gasteiger partial charge in [-0.2, -0.15) is 0 Å². The summed E-state index contributed by atoms with van der Waals surface area (Å²) >= 11 is 0. The van der Waals surface area contributed by atoms with Crippen LogP contribution in [0.3, 0.4) is 0 Å². The van der Waals surface area contributed by atoms with E-state index in [4.69, 9.17) is 0 Å². The molecule has 1 fully saturated rings. The van der Waals surface area contributed by atoms with Crippen molar-refractivity contribution in [3.05, 3.63) is 95.3 Å². The number of benzene rings is 2. The molecular weight excluding hydrogens is 406 g/mol. The number of hydrogen-bond acceptors (Lipinski definition) is 1. The number of aliphatic imine (C=N–C) groups is 1. The highest BCUT2D eigenvalue weighted by molar-refractivity contribution is 5.84. The van der Waals surface area contributed by atoms with Gasteiger partial charge in [0.1, 0.15) is 12.5 Å². The summed E-state index contributed by atoms with van der Waals surface area (Å²) < 4.78 is 53.5. The molecule has 3 nitrogen and oxygen atoms in total. The van der Waals surface area contributed by atoms with E-state index in [9.17, 15) is 17.6 Å². The first-order valence-corrected chi connectivity index (χ1v) is 10.0. The Hall–Kier alpha value is -3.09. The summed E-state index contributed by atoms with van der Waals surface area (Å²) in [6.45, 7) is 7.16. The van der Waals surface area contributed by atoms with Crippen LogP contribution in [0.4, 0.5) is 17.6 Å². The first-order valence-electron chi connectivity index (χ1n) is 10.0. The molecule has 0 amide bonds.